The zero-order valence-electron chi connectivity index (χ0n) is 13.8. The summed E-state index contributed by atoms with van der Waals surface area (Å²) in [4.78, 5) is 32.1. The van der Waals surface area contributed by atoms with Crippen molar-refractivity contribution in [1.29, 1.82) is 0 Å². The number of hydrogen-bond acceptors (Lipinski definition) is 5. The Balaban J connectivity index is 1.64. The van der Waals surface area contributed by atoms with Crippen LogP contribution in [-0.4, -0.2) is 37.3 Å². The molecule has 0 unspecified atom stereocenters. The molecule has 1 atom stereocenters. The van der Waals surface area contributed by atoms with Gasteiger partial charge >= 0.3 is 0 Å². The van der Waals surface area contributed by atoms with Gasteiger partial charge in [0.25, 0.3) is 5.91 Å². The first-order valence-corrected chi connectivity index (χ1v) is 9.26. The number of aromatic amines is 1. The lowest BCUT2D eigenvalue weighted by Crippen LogP contribution is -2.40. The molecule has 1 aliphatic rings. The maximum absolute atomic E-state index is 13.1. The lowest BCUT2D eigenvalue weighted by Gasteiger charge is -2.34. The third-order valence-corrected chi connectivity index (χ3v) is 5.49. The zero-order valence-corrected chi connectivity index (χ0v) is 14.6. The topological polar surface area (TPSA) is 74.8 Å². The van der Waals surface area contributed by atoms with Crippen LogP contribution in [0.4, 0.5) is 0 Å². The van der Waals surface area contributed by atoms with Crippen molar-refractivity contribution in [3.63, 3.8) is 0 Å². The summed E-state index contributed by atoms with van der Waals surface area (Å²) in [6.07, 6.45) is 4.07. The molecular weight excluding hydrogens is 346 g/mol. The number of amides is 1. The summed E-state index contributed by atoms with van der Waals surface area (Å²) < 4.78 is 0. The van der Waals surface area contributed by atoms with Gasteiger partial charge in [0.15, 0.2) is 0 Å². The van der Waals surface area contributed by atoms with Crippen molar-refractivity contribution < 1.29 is 4.79 Å². The number of pyridine rings is 1. The number of H-pyrrole nitrogens is 1. The van der Waals surface area contributed by atoms with E-state index in [1.807, 2.05) is 41.3 Å². The maximum Gasteiger partial charge on any atom is 0.266 e. The molecular formula is C19H15N5OS. The van der Waals surface area contributed by atoms with Crippen molar-refractivity contribution in [3.05, 3.63) is 76.4 Å². The number of fused-ring (bicyclic) bond motifs is 2. The summed E-state index contributed by atoms with van der Waals surface area (Å²) in [7, 11) is 0. The number of aromatic nitrogens is 4. The Morgan fingerprint density at radius 2 is 2.15 bits per heavy atom. The molecule has 6 nitrogen and oxygen atoms in total. The summed E-state index contributed by atoms with van der Waals surface area (Å²) in [6, 6.07) is 11.7. The third kappa shape index (κ3) is 2.40. The molecule has 0 saturated heterocycles. The number of nitrogens with one attached hydrogen (secondary N) is 1. The molecule has 0 radical (unpaired) electrons. The highest BCUT2D eigenvalue weighted by Gasteiger charge is 2.35. The van der Waals surface area contributed by atoms with Gasteiger partial charge in [0.2, 0.25) is 0 Å². The fourth-order valence-electron chi connectivity index (χ4n) is 3.49. The fourth-order valence-corrected chi connectivity index (χ4v) is 4.07. The van der Waals surface area contributed by atoms with E-state index in [1.54, 1.807) is 18.0 Å². The van der Waals surface area contributed by atoms with Crippen LogP contribution in [0.15, 0.2) is 54.4 Å². The van der Waals surface area contributed by atoms with E-state index in [9.17, 15) is 4.79 Å². The Morgan fingerprint density at radius 3 is 3.04 bits per heavy atom. The molecule has 5 rings (SSSR count). The van der Waals surface area contributed by atoms with Crippen LogP contribution in [-0.2, 0) is 6.42 Å². The minimum absolute atomic E-state index is 0.0268. The van der Waals surface area contributed by atoms with Gasteiger partial charge in [-0.15, -0.1) is 11.3 Å². The van der Waals surface area contributed by atoms with Gasteiger partial charge < -0.3 is 9.88 Å². The molecule has 1 aromatic carbocycles. The molecule has 3 aromatic heterocycles. The van der Waals surface area contributed by atoms with Gasteiger partial charge in [0.05, 0.1) is 34.9 Å². The second-order valence-corrected chi connectivity index (χ2v) is 7.10. The van der Waals surface area contributed by atoms with E-state index in [0.29, 0.717) is 11.4 Å². The first-order valence-electron chi connectivity index (χ1n) is 8.38. The molecule has 0 fully saturated rings. The summed E-state index contributed by atoms with van der Waals surface area (Å²) in [5, 5.41) is 1.08. The van der Waals surface area contributed by atoms with Crippen LogP contribution in [0.5, 0.6) is 0 Å². The van der Waals surface area contributed by atoms with E-state index in [4.69, 9.17) is 4.98 Å². The Bertz CT molecular complexity index is 1090. The highest BCUT2D eigenvalue weighted by Crippen LogP contribution is 2.34. The number of para-hydroxylation sites is 1. The number of benzene rings is 1. The van der Waals surface area contributed by atoms with Crippen molar-refractivity contribution in [2.45, 2.75) is 12.5 Å². The zero-order chi connectivity index (χ0) is 17.5. The van der Waals surface area contributed by atoms with Gasteiger partial charge in [-0.2, -0.15) is 0 Å². The summed E-state index contributed by atoms with van der Waals surface area (Å²) in [5.41, 5.74) is 5.36. The molecule has 4 heterocycles. The van der Waals surface area contributed by atoms with Crippen LogP contribution < -0.4 is 0 Å². The standard InChI is InChI=1S/C19H15N5OS/c25-19(16-9-20-11-26-16)24-8-7-14-17(22-10-21-14)18(24)15-6-5-12-3-1-2-4-13(12)23-15/h1-6,9-11,18H,7-8H2,(H,21,22)/t18-/m1/s1. The molecule has 1 N–H and O–H groups in total. The molecule has 0 spiro atoms. The molecule has 1 amide bonds. The fraction of sp³-hybridized carbons (Fsp3) is 0.158. The Labute approximate surface area is 153 Å². The predicted molar refractivity (Wildman–Crippen MR) is 99.0 cm³/mol. The summed E-state index contributed by atoms with van der Waals surface area (Å²) in [5.74, 6) is -0.0268. The highest BCUT2D eigenvalue weighted by molar-refractivity contribution is 7.11. The third-order valence-electron chi connectivity index (χ3n) is 4.73. The van der Waals surface area contributed by atoms with E-state index >= 15 is 0 Å². The van der Waals surface area contributed by atoms with Crippen molar-refractivity contribution >= 4 is 28.1 Å². The average molecular weight is 361 g/mol. The van der Waals surface area contributed by atoms with E-state index in [-0.39, 0.29) is 11.9 Å². The minimum Gasteiger partial charge on any atom is -0.348 e. The molecule has 0 aliphatic carbocycles. The van der Waals surface area contributed by atoms with Gasteiger partial charge in [0.1, 0.15) is 10.9 Å². The van der Waals surface area contributed by atoms with Crippen molar-refractivity contribution in [2.75, 3.05) is 6.54 Å². The SMILES string of the molecule is O=C(c1cncs1)N1CCc2[nH]cnc2[C@H]1c1ccc2ccccc2n1. The second-order valence-electron chi connectivity index (χ2n) is 6.21. The van der Waals surface area contributed by atoms with Crippen LogP contribution in [0.2, 0.25) is 0 Å². The van der Waals surface area contributed by atoms with Crippen LogP contribution in [0, 0.1) is 0 Å². The lowest BCUT2D eigenvalue weighted by molar-refractivity contribution is 0.0692. The van der Waals surface area contributed by atoms with Gasteiger partial charge in [-0.1, -0.05) is 24.3 Å². The van der Waals surface area contributed by atoms with Crippen LogP contribution >= 0.6 is 11.3 Å². The molecule has 4 aromatic rings. The predicted octanol–water partition coefficient (Wildman–Crippen LogP) is 3.20. The summed E-state index contributed by atoms with van der Waals surface area (Å²) in [6.45, 7) is 0.616. The van der Waals surface area contributed by atoms with E-state index in [0.717, 1.165) is 34.4 Å². The Kier molecular flexibility index (Phi) is 3.53. The molecule has 1 aliphatic heterocycles. The molecule has 7 heteroatoms. The maximum atomic E-state index is 13.1. The van der Waals surface area contributed by atoms with Gasteiger partial charge in [-0.3, -0.25) is 14.8 Å². The average Bonchev–Trinajstić information content (AvgIpc) is 3.38. The van der Waals surface area contributed by atoms with E-state index in [2.05, 4.69) is 15.0 Å². The van der Waals surface area contributed by atoms with Crippen molar-refractivity contribution in [2.24, 2.45) is 0 Å². The number of rotatable bonds is 2. The molecule has 128 valence electrons. The van der Waals surface area contributed by atoms with Crippen molar-refractivity contribution in [3.8, 4) is 0 Å². The van der Waals surface area contributed by atoms with Crippen molar-refractivity contribution in [1.82, 2.24) is 24.8 Å². The van der Waals surface area contributed by atoms with Gasteiger partial charge in [0, 0.05) is 24.0 Å². The lowest BCUT2D eigenvalue weighted by atomic mass is 9.98. The van der Waals surface area contributed by atoms with E-state index < -0.39 is 0 Å². The smallest absolute Gasteiger partial charge is 0.266 e. The largest absolute Gasteiger partial charge is 0.348 e. The second kappa shape index (κ2) is 6.03. The minimum atomic E-state index is -0.302. The van der Waals surface area contributed by atoms with Gasteiger partial charge in [-0.25, -0.2) is 4.98 Å². The first kappa shape index (κ1) is 15.2. The number of carbonyl (C=O) groups is 1. The number of imidazole rings is 1. The van der Waals surface area contributed by atoms with E-state index in [1.165, 1.54) is 11.3 Å². The number of thiazole rings is 1. The number of carbonyl (C=O) groups excluding carboxylic acids is 1. The van der Waals surface area contributed by atoms with Crippen LogP contribution in [0.3, 0.4) is 0 Å². The first-order chi connectivity index (χ1) is 12.8. The molecule has 0 saturated carbocycles. The summed E-state index contributed by atoms with van der Waals surface area (Å²) >= 11 is 1.36. The number of nitrogens with zero attached hydrogens (tertiary/aromatic N) is 4. The van der Waals surface area contributed by atoms with Crippen LogP contribution in [0.1, 0.15) is 32.8 Å². The quantitative estimate of drug-likeness (QED) is 0.595. The van der Waals surface area contributed by atoms with Gasteiger partial charge in [-0.05, 0) is 12.1 Å². The normalized spacial score (nSPS) is 16.6. The van der Waals surface area contributed by atoms with Crippen LogP contribution in [0.25, 0.3) is 10.9 Å². The monoisotopic (exact) mass is 361 g/mol. The Hall–Kier alpha value is -3.06. The highest BCUT2D eigenvalue weighted by atomic mass is 32.1. The molecule has 26 heavy (non-hydrogen) atoms. The number of hydrogen-bond donors (Lipinski definition) is 1. The molecule has 0 bridgehead atoms. The Morgan fingerprint density at radius 1 is 1.23 bits per heavy atom.